The van der Waals surface area contributed by atoms with Crippen molar-refractivity contribution >= 4 is 14.0 Å². The highest BCUT2D eigenvalue weighted by molar-refractivity contribution is 6.80. The summed E-state index contributed by atoms with van der Waals surface area (Å²) in [5, 5.41) is 3.49. The largest absolute Gasteiger partial charge is 0.0986 e. The van der Waals surface area contributed by atoms with Crippen LogP contribution in [0.1, 0.15) is 52.4 Å². The topological polar surface area (TPSA) is 0 Å². The standard InChI is InChI=1S/C20H28Si/c1-16-13-14-20(17(16)2)21(19-11-7-4-8-12-19)15-18-9-5-3-6-10-18/h4,7-8,11-13,18,21H,3,5-6,9-10,14-15H2,1-2H3. The van der Waals surface area contributed by atoms with Gasteiger partial charge in [0.05, 0.1) is 8.80 Å². The van der Waals surface area contributed by atoms with Crippen molar-refractivity contribution in [2.75, 3.05) is 0 Å². The van der Waals surface area contributed by atoms with Crippen molar-refractivity contribution < 1.29 is 0 Å². The van der Waals surface area contributed by atoms with E-state index >= 15 is 0 Å². The summed E-state index contributed by atoms with van der Waals surface area (Å²) in [6, 6.07) is 12.9. The molecule has 1 aromatic rings. The third kappa shape index (κ3) is 3.40. The van der Waals surface area contributed by atoms with E-state index in [1.807, 2.05) is 5.20 Å². The maximum absolute atomic E-state index is 2.45. The lowest BCUT2D eigenvalue weighted by Gasteiger charge is -2.27. The van der Waals surface area contributed by atoms with Gasteiger partial charge in [-0.1, -0.05) is 90.0 Å². The van der Waals surface area contributed by atoms with Gasteiger partial charge in [-0.25, -0.2) is 0 Å². The smallest absolute Gasteiger partial charge is 0.0776 e. The fraction of sp³-hybridized carbons (Fsp3) is 0.500. The maximum Gasteiger partial charge on any atom is 0.0986 e. The molecule has 112 valence electrons. The van der Waals surface area contributed by atoms with Crippen LogP contribution in [0.15, 0.2) is 52.8 Å². The Labute approximate surface area is 131 Å². The van der Waals surface area contributed by atoms with E-state index in [1.165, 1.54) is 50.1 Å². The van der Waals surface area contributed by atoms with Crippen LogP contribution in [0.4, 0.5) is 0 Å². The first-order valence-electron chi connectivity index (χ1n) is 8.67. The normalized spacial score (nSPS) is 21.5. The molecule has 0 amide bonds. The van der Waals surface area contributed by atoms with Gasteiger partial charge in [0.1, 0.15) is 0 Å². The first kappa shape index (κ1) is 14.8. The second-order valence-electron chi connectivity index (χ2n) is 6.94. The van der Waals surface area contributed by atoms with Crippen LogP contribution in [0.25, 0.3) is 0 Å². The molecule has 0 N–H and O–H groups in total. The Kier molecular flexibility index (Phi) is 4.79. The van der Waals surface area contributed by atoms with Gasteiger partial charge in [-0.15, -0.1) is 0 Å². The van der Waals surface area contributed by atoms with Crippen molar-refractivity contribution in [1.82, 2.24) is 0 Å². The third-order valence-electron chi connectivity index (χ3n) is 5.62. The minimum Gasteiger partial charge on any atom is -0.0776 e. The monoisotopic (exact) mass is 296 g/mol. The van der Waals surface area contributed by atoms with Crippen LogP contribution >= 0.6 is 0 Å². The first-order valence-corrected chi connectivity index (χ1v) is 10.6. The zero-order chi connectivity index (χ0) is 14.7. The quantitative estimate of drug-likeness (QED) is 0.693. The van der Waals surface area contributed by atoms with Gasteiger partial charge in [0.25, 0.3) is 0 Å². The SMILES string of the molecule is CC1=CCC([SiH](CC2CCCCC2)c2ccccc2)=C1C. The van der Waals surface area contributed by atoms with E-state index in [1.54, 1.807) is 10.8 Å². The third-order valence-corrected chi connectivity index (χ3v) is 9.46. The second-order valence-corrected chi connectivity index (χ2v) is 9.88. The second kappa shape index (κ2) is 6.78. The van der Waals surface area contributed by atoms with Crippen LogP contribution in [0, 0.1) is 5.92 Å². The molecule has 3 rings (SSSR count). The van der Waals surface area contributed by atoms with Gasteiger partial charge >= 0.3 is 0 Å². The van der Waals surface area contributed by atoms with E-state index in [9.17, 15) is 0 Å². The Morgan fingerprint density at radius 2 is 1.71 bits per heavy atom. The van der Waals surface area contributed by atoms with Crippen molar-refractivity contribution in [3.63, 3.8) is 0 Å². The number of rotatable bonds is 4. The van der Waals surface area contributed by atoms with Crippen molar-refractivity contribution in [2.24, 2.45) is 5.92 Å². The molecule has 0 bridgehead atoms. The van der Waals surface area contributed by atoms with E-state index in [2.05, 4.69) is 50.3 Å². The lowest BCUT2D eigenvalue weighted by molar-refractivity contribution is 0.384. The van der Waals surface area contributed by atoms with Crippen LogP contribution in [0.2, 0.25) is 6.04 Å². The van der Waals surface area contributed by atoms with Crippen molar-refractivity contribution in [3.05, 3.63) is 52.8 Å². The molecule has 0 nitrogen and oxygen atoms in total. The van der Waals surface area contributed by atoms with E-state index in [4.69, 9.17) is 0 Å². The Hall–Kier alpha value is -1.08. The molecule has 1 saturated carbocycles. The summed E-state index contributed by atoms with van der Waals surface area (Å²) in [6.45, 7) is 4.65. The van der Waals surface area contributed by atoms with Gasteiger partial charge in [-0.05, 0) is 32.2 Å². The van der Waals surface area contributed by atoms with Crippen molar-refractivity contribution in [2.45, 2.75) is 58.4 Å². The Bertz CT molecular complexity index is 532. The van der Waals surface area contributed by atoms with Crippen molar-refractivity contribution in [1.29, 1.82) is 0 Å². The molecule has 0 aromatic heterocycles. The summed E-state index contributed by atoms with van der Waals surface area (Å²) in [6.07, 6.45) is 11.1. The molecule has 1 heteroatoms. The summed E-state index contributed by atoms with van der Waals surface area (Å²) in [7, 11) is -0.987. The molecule has 2 aliphatic carbocycles. The number of hydrogen-bond acceptors (Lipinski definition) is 0. The Balaban J connectivity index is 1.85. The zero-order valence-electron chi connectivity index (χ0n) is 13.6. The van der Waals surface area contributed by atoms with Gasteiger partial charge in [0.15, 0.2) is 0 Å². The molecule has 1 unspecified atom stereocenters. The number of benzene rings is 1. The Morgan fingerprint density at radius 3 is 2.33 bits per heavy atom. The molecule has 1 fully saturated rings. The van der Waals surface area contributed by atoms with Crippen LogP contribution < -0.4 is 5.19 Å². The van der Waals surface area contributed by atoms with Gasteiger partial charge in [0.2, 0.25) is 0 Å². The minimum absolute atomic E-state index is 0.987. The summed E-state index contributed by atoms with van der Waals surface area (Å²) >= 11 is 0. The molecule has 0 aliphatic heterocycles. The summed E-state index contributed by atoms with van der Waals surface area (Å²) in [4.78, 5) is 0. The summed E-state index contributed by atoms with van der Waals surface area (Å²) in [5.41, 5.74) is 3.15. The molecule has 1 aromatic carbocycles. The van der Waals surface area contributed by atoms with E-state index in [0.29, 0.717) is 0 Å². The van der Waals surface area contributed by atoms with E-state index < -0.39 is 8.80 Å². The first-order chi connectivity index (χ1) is 10.3. The van der Waals surface area contributed by atoms with Crippen molar-refractivity contribution in [3.8, 4) is 0 Å². The highest BCUT2D eigenvalue weighted by atomic mass is 28.3. The highest BCUT2D eigenvalue weighted by Gasteiger charge is 2.27. The van der Waals surface area contributed by atoms with Crippen LogP contribution in [0.5, 0.6) is 0 Å². The highest BCUT2D eigenvalue weighted by Crippen LogP contribution is 2.33. The van der Waals surface area contributed by atoms with E-state index in [0.717, 1.165) is 5.92 Å². The zero-order valence-corrected chi connectivity index (χ0v) is 14.7. The van der Waals surface area contributed by atoms with Gasteiger partial charge in [-0.3, -0.25) is 0 Å². The number of hydrogen-bond donors (Lipinski definition) is 0. The summed E-state index contributed by atoms with van der Waals surface area (Å²) < 4.78 is 0. The summed E-state index contributed by atoms with van der Waals surface area (Å²) in [5.74, 6) is 0.997. The molecular weight excluding hydrogens is 268 g/mol. The fourth-order valence-electron chi connectivity index (χ4n) is 4.15. The molecule has 0 saturated heterocycles. The molecule has 0 heterocycles. The molecule has 1 atom stereocenters. The average molecular weight is 297 g/mol. The lowest BCUT2D eigenvalue weighted by atomic mass is 9.91. The number of allylic oxidation sites excluding steroid dienone is 4. The molecule has 0 spiro atoms. The molecule has 21 heavy (non-hydrogen) atoms. The van der Waals surface area contributed by atoms with Gasteiger partial charge < -0.3 is 0 Å². The predicted molar refractivity (Wildman–Crippen MR) is 95.7 cm³/mol. The van der Waals surface area contributed by atoms with E-state index in [-0.39, 0.29) is 0 Å². The average Bonchev–Trinajstić information content (AvgIpc) is 2.87. The predicted octanol–water partition coefficient (Wildman–Crippen LogP) is 4.91. The van der Waals surface area contributed by atoms with Crippen LogP contribution in [0.3, 0.4) is 0 Å². The Morgan fingerprint density at radius 1 is 1.00 bits per heavy atom. The molecule has 2 aliphatic rings. The molecular formula is C20H28Si. The molecule has 0 radical (unpaired) electrons. The van der Waals surface area contributed by atoms with Crippen LogP contribution in [-0.2, 0) is 0 Å². The fourth-order valence-corrected chi connectivity index (χ4v) is 8.08. The lowest BCUT2D eigenvalue weighted by Crippen LogP contribution is -2.35. The van der Waals surface area contributed by atoms with Gasteiger partial charge in [-0.2, -0.15) is 0 Å². The minimum atomic E-state index is -0.987. The van der Waals surface area contributed by atoms with Crippen LogP contribution in [-0.4, -0.2) is 8.80 Å². The maximum atomic E-state index is 2.45. The van der Waals surface area contributed by atoms with Gasteiger partial charge in [0, 0.05) is 0 Å².